The Morgan fingerprint density at radius 1 is 1.54 bits per heavy atom. The van der Waals surface area contributed by atoms with Gasteiger partial charge in [-0.05, 0) is 13.0 Å². The summed E-state index contributed by atoms with van der Waals surface area (Å²) in [5, 5.41) is 13.8. The zero-order chi connectivity index (χ0) is 16.5. The van der Waals surface area contributed by atoms with Gasteiger partial charge in [-0.25, -0.2) is 9.67 Å². The molecule has 1 unspecified atom stereocenters. The van der Waals surface area contributed by atoms with Crippen LogP contribution in [0.4, 0.5) is 0 Å². The minimum Gasteiger partial charge on any atom is -0.472 e. The Kier molecular flexibility index (Phi) is 3.87. The first-order chi connectivity index (χ1) is 11.7. The highest BCUT2D eigenvalue weighted by Gasteiger charge is 2.25. The maximum absolute atomic E-state index is 12.0. The number of carbonyl (C=O) groups excluding carboxylic acids is 1. The Morgan fingerprint density at radius 2 is 2.46 bits per heavy atom. The summed E-state index contributed by atoms with van der Waals surface area (Å²) in [6.07, 6.45) is 3.08. The number of amides is 1. The number of hydrogen-bond acceptors (Lipinski definition) is 7. The van der Waals surface area contributed by atoms with E-state index in [1.165, 1.54) is 11.3 Å². The second-order valence-electron chi connectivity index (χ2n) is 5.47. The Bertz CT molecular complexity index is 854. The van der Waals surface area contributed by atoms with E-state index in [4.69, 9.17) is 9.15 Å². The molecule has 0 radical (unpaired) electrons. The normalized spacial score (nSPS) is 16.8. The fourth-order valence-corrected chi connectivity index (χ4v) is 3.17. The van der Waals surface area contributed by atoms with Crippen molar-refractivity contribution in [2.45, 2.75) is 26.2 Å². The Hall–Kier alpha value is -2.52. The van der Waals surface area contributed by atoms with Crippen molar-refractivity contribution in [2.24, 2.45) is 0 Å². The number of fused-ring (bicyclic) bond motifs is 1. The predicted octanol–water partition coefficient (Wildman–Crippen LogP) is 1.63. The van der Waals surface area contributed by atoms with Gasteiger partial charge in [-0.2, -0.15) is 0 Å². The molecule has 1 aliphatic heterocycles. The summed E-state index contributed by atoms with van der Waals surface area (Å²) < 4.78 is 12.7. The van der Waals surface area contributed by atoms with Crippen LogP contribution in [0.1, 0.15) is 21.2 Å². The average Bonchev–Trinajstić information content (AvgIpc) is 3.31. The number of aromatic nitrogens is 4. The third-order valence-electron chi connectivity index (χ3n) is 3.81. The number of nitrogens with zero attached hydrogens (tertiary/aromatic N) is 4. The summed E-state index contributed by atoms with van der Waals surface area (Å²) in [5.74, 6) is -0.188. The fraction of sp³-hybridized carbons (Fsp3) is 0.333. The highest BCUT2D eigenvalue weighted by molar-refractivity contribution is 7.09. The summed E-state index contributed by atoms with van der Waals surface area (Å²) >= 11 is 1.45. The van der Waals surface area contributed by atoms with Gasteiger partial charge in [-0.3, -0.25) is 4.79 Å². The fourth-order valence-electron chi connectivity index (χ4n) is 2.58. The molecule has 0 aromatic carbocycles. The molecule has 124 valence electrons. The lowest BCUT2D eigenvalue weighted by molar-refractivity contribution is 0.00174. The van der Waals surface area contributed by atoms with E-state index in [1.807, 2.05) is 17.7 Å². The van der Waals surface area contributed by atoms with Gasteiger partial charge in [0, 0.05) is 17.5 Å². The molecule has 0 saturated carbocycles. The van der Waals surface area contributed by atoms with Gasteiger partial charge in [0.05, 0.1) is 42.5 Å². The highest BCUT2D eigenvalue weighted by Crippen LogP contribution is 2.25. The number of nitrogens with one attached hydrogen (secondary N) is 1. The lowest BCUT2D eigenvalue weighted by atomic mass is 10.2. The molecule has 4 rings (SSSR count). The van der Waals surface area contributed by atoms with Crippen LogP contribution < -0.4 is 5.32 Å². The summed E-state index contributed by atoms with van der Waals surface area (Å²) in [6.45, 7) is 3.20. The van der Waals surface area contributed by atoms with Crippen molar-refractivity contribution in [3.8, 4) is 11.3 Å². The van der Waals surface area contributed by atoms with Crippen LogP contribution in [-0.4, -0.2) is 38.5 Å². The van der Waals surface area contributed by atoms with Gasteiger partial charge in [0.25, 0.3) is 5.91 Å². The third kappa shape index (κ3) is 2.83. The van der Waals surface area contributed by atoms with E-state index < -0.39 is 0 Å². The molecule has 3 aromatic rings. The van der Waals surface area contributed by atoms with E-state index in [-0.39, 0.29) is 12.0 Å². The average molecular weight is 345 g/mol. The first-order valence-corrected chi connectivity index (χ1v) is 8.35. The molecule has 0 fully saturated rings. The van der Waals surface area contributed by atoms with Crippen LogP contribution in [0.2, 0.25) is 0 Å². The Labute approximate surface area is 141 Å². The quantitative estimate of drug-likeness (QED) is 0.772. The standard InChI is InChI=1S/C15H15N5O3S/c1-9-17-12(8-24-9)15(21)16-4-11-5-20-13(7-23-11)14(18-19-20)10-2-3-22-6-10/h2-3,6,8,11H,4-5,7H2,1H3,(H,16,21). The van der Waals surface area contributed by atoms with Crippen LogP contribution in [0.3, 0.4) is 0 Å². The van der Waals surface area contributed by atoms with Crippen molar-refractivity contribution in [1.29, 1.82) is 0 Å². The molecule has 0 saturated heterocycles. The monoisotopic (exact) mass is 345 g/mol. The molecule has 24 heavy (non-hydrogen) atoms. The van der Waals surface area contributed by atoms with Crippen LogP contribution >= 0.6 is 11.3 Å². The van der Waals surface area contributed by atoms with Gasteiger partial charge in [0.2, 0.25) is 0 Å². The minimum atomic E-state index is -0.188. The Morgan fingerprint density at radius 3 is 3.21 bits per heavy atom. The summed E-state index contributed by atoms with van der Waals surface area (Å²) in [5.41, 5.74) is 3.00. The first kappa shape index (κ1) is 15.0. The lowest BCUT2D eigenvalue weighted by Gasteiger charge is -2.24. The number of hydrogen-bond donors (Lipinski definition) is 1. The van der Waals surface area contributed by atoms with Gasteiger partial charge in [-0.1, -0.05) is 5.21 Å². The number of carbonyl (C=O) groups is 1. The van der Waals surface area contributed by atoms with E-state index >= 15 is 0 Å². The Balaban J connectivity index is 1.39. The number of thiazole rings is 1. The van der Waals surface area contributed by atoms with Gasteiger partial charge in [0.1, 0.15) is 11.4 Å². The SMILES string of the molecule is Cc1nc(C(=O)NCC2Cn3nnc(-c4ccoc4)c3CO2)cs1. The van der Waals surface area contributed by atoms with Gasteiger partial charge in [-0.15, -0.1) is 16.4 Å². The second-order valence-corrected chi connectivity index (χ2v) is 6.54. The van der Waals surface area contributed by atoms with Crippen LogP contribution in [0.15, 0.2) is 28.4 Å². The number of aryl methyl sites for hydroxylation is 1. The second kappa shape index (κ2) is 6.17. The molecular formula is C15H15N5O3S. The summed E-state index contributed by atoms with van der Waals surface area (Å²) in [7, 11) is 0. The molecule has 1 amide bonds. The van der Waals surface area contributed by atoms with Crippen LogP contribution in [0.5, 0.6) is 0 Å². The predicted molar refractivity (Wildman–Crippen MR) is 85.5 cm³/mol. The smallest absolute Gasteiger partial charge is 0.270 e. The molecule has 1 atom stereocenters. The third-order valence-corrected chi connectivity index (χ3v) is 4.58. The van der Waals surface area contributed by atoms with Crippen molar-refractivity contribution >= 4 is 17.2 Å². The van der Waals surface area contributed by atoms with E-state index in [0.717, 1.165) is 22.0 Å². The van der Waals surface area contributed by atoms with Crippen molar-refractivity contribution in [2.75, 3.05) is 6.54 Å². The molecule has 3 aromatic heterocycles. The van der Waals surface area contributed by atoms with E-state index in [9.17, 15) is 4.79 Å². The minimum absolute atomic E-state index is 0.153. The van der Waals surface area contributed by atoms with E-state index in [1.54, 1.807) is 17.9 Å². The van der Waals surface area contributed by atoms with Gasteiger partial charge >= 0.3 is 0 Å². The molecule has 9 heteroatoms. The molecule has 1 aliphatic rings. The van der Waals surface area contributed by atoms with Crippen LogP contribution in [-0.2, 0) is 17.9 Å². The van der Waals surface area contributed by atoms with Crippen molar-refractivity contribution in [3.05, 3.63) is 40.4 Å². The van der Waals surface area contributed by atoms with Crippen molar-refractivity contribution in [1.82, 2.24) is 25.3 Å². The topological polar surface area (TPSA) is 95.1 Å². The molecule has 4 heterocycles. The molecule has 0 aliphatic carbocycles. The number of furan rings is 1. The van der Waals surface area contributed by atoms with Crippen LogP contribution in [0, 0.1) is 6.92 Å². The number of ether oxygens (including phenoxy) is 1. The lowest BCUT2D eigenvalue weighted by Crippen LogP contribution is -2.39. The van der Waals surface area contributed by atoms with Gasteiger partial charge < -0.3 is 14.5 Å². The van der Waals surface area contributed by atoms with Crippen molar-refractivity contribution in [3.63, 3.8) is 0 Å². The summed E-state index contributed by atoms with van der Waals surface area (Å²) in [6, 6.07) is 1.84. The maximum atomic E-state index is 12.0. The summed E-state index contributed by atoms with van der Waals surface area (Å²) in [4.78, 5) is 16.2. The van der Waals surface area contributed by atoms with Crippen LogP contribution in [0.25, 0.3) is 11.3 Å². The maximum Gasteiger partial charge on any atom is 0.270 e. The zero-order valence-electron chi connectivity index (χ0n) is 12.9. The number of rotatable bonds is 4. The van der Waals surface area contributed by atoms with Gasteiger partial charge in [0.15, 0.2) is 0 Å². The first-order valence-electron chi connectivity index (χ1n) is 7.47. The highest BCUT2D eigenvalue weighted by atomic mass is 32.1. The van der Waals surface area contributed by atoms with E-state index in [0.29, 0.717) is 25.4 Å². The molecule has 0 bridgehead atoms. The molecule has 8 nitrogen and oxygen atoms in total. The molecule has 0 spiro atoms. The largest absolute Gasteiger partial charge is 0.472 e. The van der Waals surface area contributed by atoms with Crippen molar-refractivity contribution < 1.29 is 13.9 Å². The zero-order valence-corrected chi connectivity index (χ0v) is 13.7. The van der Waals surface area contributed by atoms with E-state index in [2.05, 4.69) is 20.6 Å². The molecular weight excluding hydrogens is 330 g/mol. The molecule has 1 N–H and O–H groups in total.